The molecule has 3 N–H and O–H groups in total. The number of anilines is 1. The molecule has 0 radical (unpaired) electrons. The first-order valence-corrected chi connectivity index (χ1v) is 8.82. The first-order valence-electron chi connectivity index (χ1n) is 8.82. The number of amides is 1. The molecule has 1 saturated heterocycles. The maximum atomic E-state index is 12.2. The van der Waals surface area contributed by atoms with Gasteiger partial charge in [0.25, 0.3) is 0 Å². The Balaban J connectivity index is 1.90. The summed E-state index contributed by atoms with van der Waals surface area (Å²) in [6.45, 7) is 9.51. The van der Waals surface area contributed by atoms with Crippen LogP contribution in [0.1, 0.15) is 52.0 Å². The SMILES string of the molecule is CCCC(C)(N)C(=O)Nc1ccc(CN2CCCC(C)C2)cc1. The van der Waals surface area contributed by atoms with Crippen molar-refractivity contribution in [3.05, 3.63) is 29.8 Å². The smallest absolute Gasteiger partial charge is 0.244 e. The van der Waals surface area contributed by atoms with Gasteiger partial charge in [-0.05, 0) is 56.3 Å². The van der Waals surface area contributed by atoms with Gasteiger partial charge in [0.05, 0.1) is 5.54 Å². The maximum Gasteiger partial charge on any atom is 0.244 e. The summed E-state index contributed by atoms with van der Waals surface area (Å²) in [6, 6.07) is 8.15. The Morgan fingerprint density at radius 2 is 2.09 bits per heavy atom. The van der Waals surface area contributed by atoms with Crippen LogP contribution in [0.2, 0.25) is 0 Å². The highest BCUT2D eigenvalue weighted by molar-refractivity contribution is 5.97. The molecule has 4 heteroatoms. The number of hydrogen-bond acceptors (Lipinski definition) is 3. The van der Waals surface area contributed by atoms with E-state index in [-0.39, 0.29) is 5.91 Å². The summed E-state index contributed by atoms with van der Waals surface area (Å²) in [5.74, 6) is 0.681. The van der Waals surface area contributed by atoms with E-state index in [1.165, 1.54) is 31.5 Å². The van der Waals surface area contributed by atoms with Crippen LogP contribution in [0.5, 0.6) is 0 Å². The zero-order valence-corrected chi connectivity index (χ0v) is 14.8. The Morgan fingerprint density at radius 3 is 2.70 bits per heavy atom. The van der Waals surface area contributed by atoms with E-state index < -0.39 is 5.54 Å². The quantitative estimate of drug-likeness (QED) is 0.845. The molecule has 2 rings (SSSR count). The number of benzene rings is 1. The Morgan fingerprint density at radius 1 is 1.39 bits per heavy atom. The third-order valence-corrected chi connectivity index (χ3v) is 4.65. The fourth-order valence-corrected chi connectivity index (χ4v) is 3.29. The molecule has 1 heterocycles. The second kappa shape index (κ2) is 7.93. The molecule has 1 aromatic carbocycles. The molecular formula is C19H31N3O. The largest absolute Gasteiger partial charge is 0.325 e. The first-order chi connectivity index (χ1) is 10.9. The highest BCUT2D eigenvalue weighted by atomic mass is 16.2. The Kier molecular flexibility index (Phi) is 6.19. The van der Waals surface area contributed by atoms with E-state index in [9.17, 15) is 4.79 Å². The van der Waals surface area contributed by atoms with Gasteiger partial charge in [0, 0.05) is 18.8 Å². The van der Waals surface area contributed by atoms with Gasteiger partial charge < -0.3 is 11.1 Å². The number of piperidine rings is 1. The number of carbonyl (C=O) groups excluding carboxylic acids is 1. The minimum absolute atomic E-state index is 0.114. The van der Waals surface area contributed by atoms with Crippen molar-refractivity contribution in [3.8, 4) is 0 Å². The van der Waals surface area contributed by atoms with Gasteiger partial charge in [-0.3, -0.25) is 9.69 Å². The van der Waals surface area contributed by atoms with Crippen LogP contribution in [-0.2, 0) is 11.3 Å². The van der Waals surface area contributed by atoms with Crippen LogP contribution in [0, 0.1) is 5.92 Å². The molecule has 128 valence electrons. The summed E-state index contributed by atoms with van der Waals surface area (Å²) in [4.78, 5) is 14.7. The molecule has 0 spiro atoms. The lowest BCUT2D eigenvalue weighted by molar-refractivity contribution is -0.120. The van der Waals surface area contributed by atoms with Crippen molar-refractivity contribution < 1.29 is 4.79 Å². The third-order valence-electron chi connectivity index (χ3n) is 4.65. The van der Waals surface area contributed by atoms with Crippen molar-refractivity contribution in [3.63, 3.8) is 0 Å². The Hall–Kier alpha value is -1.39. The van der Waals surface area contributed by atoms with Crippen LogP contribution in [-0.4, -0.2) is 29.4 Å². The average Bonchev–Trinajstić information content (AvgIpc) is 2.49. The highest BCUT2D eigenvalue weighted by Crippen LogP contribution is 2.19. The van der Waals surface area contributed by atoms with Crippen LogP contribution >= 0.6 is 0 Å². The van der Waals surface area contributed by atoms with Crippen LogP contribution in [0.3, 0.4) is 0 Å². The second-order valence-electron chi connectivity index (χ2n) is 7.30. The van der Waals surface area contributed by atoms with Crippen molar-refractivity contribution >= 4 is 11.6 Å². The average molecular weight is 317 g/mol. The number of nitrogens with two attached hydrogens (primary N) is 1. The number of likely N-dealkylation sites (tertiary alicyclic amines) is 1. The molecule has 0 saturated carbocycles. The summed E-state index contributed by atoms with van der Waals surface area (Å²) in [5.41, 5.74) is 7.37. The maximum absolute atomic E-state index is 12.2. The summed E-state index contributed by atoms with van der Waals surface area (Å²) in [7, 11) is 0. The lowest BCUT2D eigenvalue weighted by atomic mass is 9.96. The second-order valence-corrected chi connectivity index (χ2v) is 7.30. The van der Waals surface area contributed by atoms with Crippen molar-refractivity contribution in [2.24, 2.45) is 11.7 Å². The summed E-state index contributed by atoms with van der Waals surface area (Å²) >= 11 is 0. The third kappa shape index (κ3) is 5.33. The van der Waals surface area contributed by atoms with Gasteiger partial charge in [-0.25, -0.2) is 0 Å². The van der Waals surface area contributed by atoms with Crippen molar-refractivity contribution in [1.82, 2.24) is 4.90 Å². The van der Waals surface area contributed by atoms with Gasteiger partial charge in [-0.2, -0.15) is 0 Å². The molecule has 0 bridgehead atoms. The van der Waals surface area contributed by atoms with Crippen molar-refractivity contribution in [2.75, 3.05) is 18.4 Å². The lowest BCUT2D eigenvalue weighted by Crippen LogP contribution is -2.48. The zero-order valence-electron chi connectivity index (χ0n) is 14.8. The van der Waals surface area contributed by atoms with Gasteiger partial charge >= 0.3 is 0 Å². The molecule has 1 aliphatic rings. The van der Waals surface area contributed by atoms with Gasteiger partial charge in [-0.1, -0.05) is 32.4 Å². The number of hydrogen-bond donors (Lipinski definition) is 2. The monoisotopic (exact) mass is 317 g/mol. The molecule has 2 unspecified atom stereocenters. The Bertz CT molecular complexity index is 510. The summed E-state index contributed by atoms with van der Waals surface area (Å²) in [5, 5.41) is 2.93. The molecule has 0 aromatic heterocycles. The number of nitrogens with zero attached hydrogens (tertiary/aromatic N) is 1. The van der Waals surface area contributed by atoms with E-state index in [2.05, 4.69) is 29.3 Å². The molecule has 4 nitrogen and oxygen atoms in total. The minimum Gasteiger partial charge on any atom is -0.325 e. The zero-order chi connectivity index (χ0) is 16.9. The molecule has 23 heavy (non-hydrogen) atoms. The predicted octanol–water partition coefficient (Wildman–Crippen LogP) is 3.37. The Labute approximate surface area is 140 Å². The van der Waals surface area contributed by atoms with Crippen LogP contribution in [0.25, 0.3) is 0 Å². The van der Waals surface area contributed by atoms with E-state index in [4.69, 9.17) is 5.73 Å². The fourth-order valence-electron chi connectivity index (χ4n) is 3.29. The van der Waals surface area contributed by atoms with E-state index in [0.29, 0.717) is 6.42 Å². The number of carbonyl (C=O) groups is 1. The summed E-state index contributed by atoms with van der Waals surface area (Å²) in [6.07, 6.45) is 4.22. The van der Waals surface area contributed by atoms with Crippen LogP contribution in [0.15, 0.2) is 24.3 Å². The standard InChI is InChI=1S/C19H31N3O/c1-4-11-19(3,20)18(23)21-17-9-7-16(8-10-17)14-22-12-5-6-15(2)13-22/h7-10,15H,4-6,11-14,20H2,1-3H3,(H,21,23). The molecule has 1 aromatic rings. The van der Waals surface area contributed by atoms with Crippen molar-refractivity contribution in [1.29, 1.82) is 0 Å². The molecular weight excluding hydrogens is 286 g/mol. The van der Waals surface area contributed by atoms with Gasteiger partial charge in [0.2, 0.25) is 5.91 Å². The normalized spacial score (nSPS) is 21.7. The van der Waals surface area contributed by atoms with Crippen molar-refractivity contribution in [2.45, 2.75) is 58.5 Å². The molecule has 1 amide bonds. The van der Waals surface area contributed by atoms with Gasteiger partial charge in [-0.15, -0.1) is 0 Å². The first kappa shape index (κ1) is 18.0. The predicted molar refractivity (Wildman–Crippen MR) is 96.2 cm³/mol. The topological polar surface area (TPSA) is 58.4 Å². The van der Waals surface area contributed by atoms with E-state index >= 15 is 0 Å². The van der Waals surface area contributed by atoms with Crippen LogP contribution < -0.4 is 11.1 Å². The molecule has 2 atom stereocenters. The highest BCUT2D eigenvalue weighted by Gasteiger charge is 2.27. The van der Waals surface area contributed by atoms with Gasteiger partial charge in [0.15, 0.2) is 0 Å². The minimum atomic E-state index is -0.808. The van der Waals surface area contributed by atoms with E-state index in [0.717, 1.165) is 24.6 Å². The van der Waals surface area contributed by atoms with E-state index in [1.807, 2.05) is 19.1 Å². The number of rotatable bonds is 6. The fraction of sp³-hybridized carbons (Fsp3) is 0.632. The molecule has 1 fully saturated rings. The lowest BCUT2D eigenvalue weighted by Gasteiger charge is -2.30. The summed E-state index contributed by atoms with van der Waals surface area (Å²) < 4.78 is 0. The van der Waals surface area contributed by atoms with Gasteiger partial charge in [0.1, 0.15) is 0 Å². The van der Waals surface area contributed by atoms with Crippen LogP contribution in [0.4, 0.5) is 5.69 Å². The van der Waals surface area contributed by atoms with E-state index in [1.54, 1.807) is 6.92 Å². The molecule has 0 aliphatic carbocycles. The molecule has 1 aliphatic heterocycles. The number of nitrogens with one attached hydrogen (secondary N) is 1.